The molecule has 0 amide bonds. The molecule has 0 saturated carbocycles. The van der Waals surface area contributed by atoms with E-state index in [0.29, 0.717) is 17.9 Å². The van der Waals surface area contributed by atoms with Gasteiger partial charge in [-0.1, -0.05) is 13.3 Å². The molecule has 1 aromatic carbocycles. The van der Waals surface area contributed by atoms with E-state index in [1.54, 1.807) is 36.4 Å². The number of carbonyl (C=O) groups is 1. The van der Waals surface area contributed by atoms with E-state index in [4.69, 9.17) is 15.3 Å². The molecular formula is C14H14N4O2. The molecule has 0 aromatic heterocycles. The highest BCUT2D eigenvalue weighted by Crippen LogP contribution is 2.10. The Kier molecular flexibility index (Phi) is 6.29. The van der Waals surface area contributed by atoms with E-state index < -0.39 is 0 Å². The summed E-state index contributed by atoms with van der Waals surface area (Å²) in [4.78, 5) is 11.6. The largest absolute Gasteiger partial charge is 0.462 e. The van der Waals surface area contributed by atoms with Gasteiger partial charge in [0.1, 0.15) is 12.1 Å². The Labute approximate surface area is 117 Å². The number of nitrogens with zero attached hydrogens (tertiary/aromatic N) is 3. The van der Waals surface area contributed by atoms with Gasteiger partial charge < -0.3 is 4.74 Å². The summed E-state index contributed by atoms with van der Waals surface area (Å²) < 4.78 is 5.07. The minimum Gasteiger partial charge on any atom is -0.462 e. The molecule has 102 valence electrons. The maximum atomic E-state index is 11.6. The van der Waals surface area contributed by atoms with E-state index in [1.807, 2.05) is 6.92 Å². The predicted octanol–water partition coefficient (Wildman–Crippen LogP) is 2.46. The molecule has 1 N–H and O–H groups in total. The Bertz CT molecular complexity index is 548. The molecule has 20 heavy (non-hydrogen) atoms. The molecule has 0 spiro atoms. The van der Waals surface area contributed by atoms with Crippen LogP contribution in [0.4, 0.5) is 5.69 Å². The van der Waals surface area contributed by atoms with E-state index in [2.05, 4.69) is 10.5 Å². The average Bonchev–Trinajstić information content (AvgIpc) is 2.49. The van der Waals surface area contributed by atoms with Crippen molar-refractivity contribution >= 4 is 17.4 Å². The van der Waals surface area contributed by atoms with E-state index in [1.165, 1.54) is 0 Å². The summed E-state index contributed by atoms with van der Waals surface area (Å²) in [5, 5.41) is 20.6. The van der Waals surface area contributed by atoms with Crippen molar-refractivity contribution in [3.05, 3.63) is 29.8 Å². The van der Waals surface area contributed by atoms with E-state index in [0.717, 1.165) is 12.8 Å². The molecule has 0 radical (unpaired) electrons. The molecule has 1 aromatic rings. The van der Waals surface area contributed by atoms with Crippen molar-refractivity contribution < 1.29 is 9.53 Å². The standard InChI is InChI=1S/C14H14N4O2/c1-2-3-8-20-14(19)11-4-6-12(7-5-11)17-18-13(9-15)10-16/h4-7,17H,2-3,8H2,1H3. The molecule has 0 bridgehead atoms. The zero-order valence-electron chi connectivity index (χ0n) is 11.1. The quantitative estimate of drug-likeness (QED) is 0.370. The third-order valence-corrected chi connectivity index (χ3v) is 2.36. The zero-order chi connectivity index (χ0) is 14.8. The lowest BCUT2D eigenvalue weighted by Crippen LogP contribution is -2.06. The summed E-state index contributed by atoms with van der Waals surface area (Å²) in [6.07, 6.45) is 1.81. The van der Waals surface area contributed by atoms with Crippen molar-refractivity contribution in [2.45, 2.75) is 19.8 Å². The van der Waals surface area contributed by atoms with Gasteiger partial charge in [0.15, 0.2) is 0 Å². The zero-order valence-corrected chi connectivity index (χ0v) is 11.1. The summed E-state index contributed by atoms with van der Waals surface area (Å²) in [6.45, 7) is 2.43. The Balaban J connectivity index is 2.61. The molecule has 6 heteroatoms. The van der Waals surface area contributed by atoms with Gasteiger partial charge in [-0.2, -0.15) is 15.6 Å². The highest BCUT2D eigenvalue weighted by molar-refractivity contribution is 6.10. The average molecular weight is 270 g/mol. The summed E-state index contributed by atoms with van der Waals surface area (Å²) in [6, 6.07) is 9.68. The van der Waals surface area contributed by atoms with Gasteiger partial charge in [-0.15, -0.1) is 0 Å². The molecule has 0 unspecified atom stereocenters. The number of hydrazone groups is 1. The minimum absolute atomic E-state index is 0.270. The smallest absolute Gasteiger partial charge is 0.338 e. The lowest BCUT2D eigenvalue weighted by atomic mass is 10.2. The van der Waals surface area contributed by atoms with Gasteiger partial charge in [-0.05, 0) is 30.7 Å². The minimum atomic E-state index is -0.372. The summed E-state index contributed by atoms with van der Waals surface area (Å²) in [7, 11) is 0. The first-order valence-electron chi connectivity index (χ1n) is 6.12. The van der Waals surface area contributed by atoms with Crippen LogP contribution in [0.2, 0.25) is 0 Å². The van der Waals surface area contributed by atoms with Gasteiger partial charge in [0.05, 0.1) is 17.9 Å². The number of rotatable bonds is 6. The number of hydrogen-bond acceptors (Lipinski definition) is 6. The lowest BCUT2D eigenvalue weighted by Gasteiger charge is -2.05. The second-order valence-electron chi connectivity index (χ2n) is 3.86. The second-order valence-corrected chi connectivity index (χ2v) is 3.86. The van der Waals surface area contributed by atoms with E-state index in [9.17, 15) is 4.79 Å². The number of anilines is 1. The molecule has 0 heterocycles. The summed E-state index contributed by atoms with van der Waals surface area (Å²) in [5.41, 5.74) is 3.29. The predicted molar refractivity (Wildman–Crippen MR) is 73.9 cm³/mol. The summed E-state index contributed by atoms with van der Waals surface area (Å²) >= 11 is 0. The SMILES string of the molecule is CCCCOC(=O)c1ccc(NN=C(C#N)C#N)cc1. The van der Waals surface area contributed by atoms with Crippen LogP contribution in [0.25, 0.3) is 0 Å². The Morgan fingerprint density at radius 3 is 2.50 bits per heavy atom. The van der Waals surface area contributed by atoms with E-state index in [-0.39, 0.29) is 11.7 Å². The Hall–Kier alpha value is -2.86. The first kappa shape index (κ1) is 15.2. The number of carbonyl (C=O) groups excluding carboxylic acids is 1. The number of hydrogen-bond donors (Lipinski definition) is 1. The van der Waals surface area contributed by atoms with Crippen LogP contribution in [-0.2, 0) is 4.74 Å². The molecule has 0 aliphatic rings. The van der Waals surface area contributed by atoms with Crippen LogP contribution < -0.4 is 5.43 Å². The van der Waals surface area contributed by atoms with Gasteiger partial charge in [0.25, 0.3) is 0 Å². The molecule has 1 rings (SSSR count). The molecule has 0 saturated heterocycles. The lowest BCUT2D eigenvalue weighted by molar-refractivity contribution is 0.0500. The van der Waals surface area contributed by atoms with Crippen molar-refractivity contribution in [3.8, 4) is 12.1 Å². The maximum absolute atomic E-state index is 11.6. The van der Waals surface area contributed by atoms with Crippen LogP contribution >= 0.6 is 0 Å². The van der Waals surface area contributed by atoms with Crippen LogP contribution in [0.15, 0.2) is 29.4 Å². The summed E-state index contributed by atoms with van der Waals surface area (Å²) in [5.74, 6) is -0.372. The molecule has 0 aliphatic heterocycles. The van der Waals surface area contributed by atoms with Crippen LogP contribution in [0.1, 0.15) is 30.1 Å². The fourth-order valence-electron chi connectivity index (χ4n) is 1.27. The Morgan fingerprint density at radius 1 is 1.30 bits per heavy atom. The Morgan fingerprint density at radius 2 is 1.95 bits per heavy atom. The molecule has 6 nitrogen and oxygen atoms in total. The third kappa shape index (κ3) is 4.79. The van der Waals surface area contributed by atoms with Crippen molar-refractivity contribution in [1.82, 2.24) is 0 Å². The molecule has 0 fully saturated rings. The van der Waals surface area contributed by atoms with Crippen molar-refractivity contribution in [2.75, 3.05) is 12.0 Å². The normalized spacial score (nSPS) is 8.95. The fraction of sp³-hybridized carbons (Fsp3) is 0.286. The van der Waals surface area contributed by atoms with Gasteiger partial charge in [-0.3, -0.25) is 5.43 Å². The van der Waals surface area contributed by atoms with Gasteiger partial charge in [0, 0.05) is 0 Å². The fourth-order valence-corrected chi connectivity index (χ4v) is 1.27. The molecular weight excluding hydrogens is 256 g/mol. The van der Waals surface area contributed by atoms with Crippen molar-refractivity contribution in [1.29, 1.82) is 10.5 Å². The maximum Gasteiger partial charge on any atom is 0.338 e. The number of ether oxygens (including phenoxy) is 1. The number of nitriles is 2. The van der Waals surface area contributed by atoms with Gasteiger partial charge in [0.2, 0.25) is 5.71 Å². The van der Waals surface area contributed by atoms with Crippen LogP contribution in [0.5, 0.6) is 0 Å². The molecule has 0 atom stereocenters. The van der Waals surface area contributed by atoms with Gasteiger partial charge in [-0.25, -0.2) is 4.79 Å². The second kappa shape index (κ2) is 8.28. The number of benzene rings is 1. The van der Waals surface area contributed by atoms with Crippen LogP contribution in [0, 0.1) is 22.7 Å². The van der Waals surface area contributed by atoms with Crippen LogP contribution in [0.3, 0.4) is 0 Å². The molecule has 0 aliphatic carbocycles. The van der Waals surface area contributed by atoms with Crippen molar-refractivity contribution in [3.63, 3.8) is 0 Å². The number of nitrogens with one attached hydrogen (secondary N) is 1. The monoisotopic (exact) mass is 270 g/mol. The third-order valence-electron chi connectivity index (χ3n) is 2.36. The highest BCUT2D eigenvalue weighted by Gasteiger charge is 2.06. The highest BCUT2D eigenvalue weighted by atomic mass is 16.5. The first-order valence-corrected chi connectivity index (χ1v) is 6.12. The number of esters is 1. The number of unbranched alkanes of at least 4 members (excludes halogenated alkanes) is 1. The van der Waals surface area contributed by atoms with Crippen LogP contribution in [-0.4, -0.2) is 18.3 Å². The van der Waals surface area contributed by atoms with Gasteiger partial charge >= 0.3 is 5.97 Å². The van der Waals surface area contributed by atoms with E-state index >= 15 is 0 Å². The first-order chi connectivity index (χ1) is 9.71. The topological polar surface area (TPSA) is 98.3 Å². The van der Waals surface area contributed by atoms with Crippen molar-refractivity contribution in [2.24, 2.45) is 5.10 Å².